The van der Waals surface area contributed by atoms with Gasteiger partial charge in [0.1, 0.15) is 17.1 Å². The van der Waals surface area contributed by atoms with Crippen molar-refractivity contribution in [3.63, 3.8) is 0 Å². The largest absolute Gasteiger partial charge is 0.496 e. The molecule has 4 rings (SSSR count). The van der Waals surface area contributed by atoms with Crippen LogP contribution in [0.3, 0.4) is 0 Å². The molecule has 0 spiro atoms. The Hall–Kier alpha value is -2.25. The van der Waals surface area contributed by atoms with Gasteiger partial charge in [-0.25, -0.2) is 0 Å². The van der Waals surface area contributed by atoms with Crippen molar-refractivity contribution in [2.24, 2.45) is 0 Å². The molecule has 7 heteroatoms. The molecule has 0 aliphatic heterocycles. The Bertz CT molecular complexity index is 1290. The van der Waals surface area contributed by atoms with Crippen LogP contribution in [0.1, 0.15) is 63.4 Å². The van der Waals surface area contributed by atoms with E-state index in [2.05, 4.69) is 31.9 Å². The second-order valence-corrected chi connectivity index (χ2v) is 9.67. The van der Waals surface area contributed by atoms with E-state index in [0.717, 1.165) is 0 Å². The molecule has 0 amide bonds. The predicted octanol–water partition coefficient (Wildman–Crippen LogP) is 5.49. The summed E-state index contributed by atoms with van der Waals surface area (Å²) in [5.41, 5.74) is 1.29. The lowest BCUT2D eigenvalue weighted by Crippen LogP contribution is -2.24. The molecule has 0 saturated carbocycles. The predicted molar refractivity (Wildman–Crippen MR) is 122 cm³/mol. The maximum absolute atomic E-state index is 13.6. The average Bonchev–Trinajstić information content (AvgIpc) is 2.75. The van der Waals surface area contributed by atoms with Crippen LogP contribution < -0.4 is 10.2 Å². The molecule has 154 valence electrons. The highest BCUT2D eigenvalue weighted by Crippen LogP contribution is 2.40. The van der Waals surface area contributed by atoms with Crippen LogP contribution in [0.4, 0.5) is 0 Å². The third kappa shape index (κ3) is 2.98. The zero-order valence-electron chi connectivity index (χ0n) is 16.6. The van der Waals surface area contributed by atoms with Gasteiger partial charge in [0.15, 0.2) is 11.2 Å². The quantitative estimate of drug-likeness (QED) is 0.324. The van der Waals surface area contributed by atoms with Crippen molar-refractivity contribution in [1.82, 2.24) is 0 Å². The highest BCUT2D eigenvalue weighted by Gasteiger charge is 2.36. The summed E-state index contributed by atoms with van der Waals surface area (Å²) >= 11 is 7.00. The van der Waals surface area contributed by atoms with Crippen molar-refractivity contribution in [3.05, 3.63) is 74.1 Å². The number of alkyl halides is 2. The summed E-state index contributed by atoms with van der Waals surface area (Å²) in [5.74, 6) is 0.0260. The molecule has 0 saturated heterocycles. The molecule has 3 aromatic rings. The summed E-state index contributed by atoms with van der Waals surface area (Å²) in [6.45, 7) is 3.85. The third-order valence-electron chi connectivity index (χ3n) is 5.59. The van der Waals surface area contributed by atoms with Crippen LogP contribution >= 0.6 is 31.9 Å². The van der Waals surface area contributed by atoms with Gasteiger partial charge >= 0.3 is 0 Å². The fourth-order valence-electron chi connectivity index (χ4n) is 3.75. The Morgan fingerprint density at radius 3 is 2.43 bits per heavy atom. The maximum atomic E-state index is 13.6. The van der Waals surface area contributed by atoms with Gasteiger partial charge in [0, 0.05) is 22.5 Å². The average molecular weight is 534 g/mol. The molecule has 1 aliphatic carbocycles. The number of hydrogen-bond acceptors (Lipinski definition) is 5. The first kappa shape index (κ1) is 21.0. The first-order valence-corrected chi connectivity index (χ1v) is 11.3. The summed E-state index contributed by atoms with van der Waals surface area (Å²) in [5, 5.41) is 0.639. The molecule has 1 aliphatic rings. The van der Waals surface area contributed by atoms with Crippen LogP contribution in [0.25, 0.3) is 11.0 Å². The van der Waals surface area contributed by atoms with E-state index >= 15 is 0 Å². The number of rotatable bonds is 4. The molecule has 1 atom stereocenters. The SMILES string of the molecule is CCC(C)(Br)c1cc(=O)c2c(CBr)cc3c(c2o1)C(=O)c1c(OC)cccc1C3=O. The molecule has 2 aromatic carbocycles. The lowest BCUT2D eigenvalue weighted by atomic mass is 9.81. The van der Waals surface area contributed by atoms with Crippen molar-refractivity contribution in [2.45, 2.75) is 29.9 Å². The van der Waals surface area contributed by atoms with Crippen molar-refractivity contribution >= 4 is 54.4 Å². The molecule has 30 heavy (non-hydrogen) atoms. The Labute approximate surface area is 189 Å². The smallest absolute Gasteiger partial charge is 0.202 e. The maximum Gasteiger partial charge on any atom is 0.202 e. The minimum absolute atomic E-state index is 0.107. The molecule has 1 heterocycles. The van der Waals surface area contributed by atoms with E-state index in [-0.39, 0.29) is 39.0 Å². The van der Waals surface area contributed by atoms with Crippen molar-refractivity contribution in [1.29, 1.82) is 0 Å². The molecule has 0 N–H and O–H groups in total. The van der Waals surface area contributed by atoms with Crippen LogP contribution in [0.2, 0.25) is 0 Å². The monoisotopic (exact) mass is 532 g/mol. The molecule has 5 nitrogen and oxygen atoms in total. The van der Waals surface area contributed by atoms with Gasteiger partial charge in [-0.15, -0.1) is 0 Å². The molecular formula is C23H18Br2O5. The van der Waals surface area contributed by atoms with E-state index in [1.54, 1.807) is 24.3 Å². The molecule has 0 fully saturated rings. The number of fused-ring (bicyclic) bond motifs is 4. The number of methoxy groups -OCH3 is 1. The first-order valence-electron chi connectivity index (χ1n) is 9.40. The van der Waals surface area contributed by atoms with Gasteiger partial charge in [-0.05, 0) is 31.0 Å². The van der Waals surface area contributed by atoms with Gasteiger partial charge in [0.05, 0.1) is 27.9 Å². The lowest BCUT2D eigenvalue weighted by molar-refractivity contribution is 0.0976. The third-order valence-corrected chi connectivity index (χ3v) is 7.15. The van der Waals surface area contributed by atoms with E-state index in [9.17, 15) is 14.4 Å². The number of halogens is 2. The second kappa shape index (κ2) is 7.46. The van der Waals surface area contributed by atoms with E-state index in [0.29, 0.717) is 34.2 Å². The Morgan fingerprint density at radius 1 is 1.07 bits per heavy atom. The van der Waals surface area contributed by atoms with Crippen LogP contribution in [0, 0.1) is 0 Å². The molecule has 1 aromatic heterocycles. The molecular weight excluding hydrogens is 516 g/mol. The number of ether oxygens (including phenoxy) is 1. The first-order chi connectivity index (χ1) is 14.2. The minimum atomic E-state index is -0.588. The van der Waals surface area contributed by atoms with Crippen LogP contribution in [0.5, 0.6) is 5.75 Å². The van der Waals surface area contributed by atoms with E-state index in [1.165, 1.54) is 13.2 Å². The van der Waals surface area contributed by atoms with E-state index in [4.69, 9.17) is 9.15 Å². The number of ketones is 2. The summed E-state index contributed by atoms with van der Waals surface area (Å²) < 4.78 is 10.9. The topological polar surface area (TPSA) is 73.6 Å². The standard InChI is InChI=1S/C23H18Br2O5/c1-4-23(2,25)16-9-14(26)17-11(10-24)8-13-19(22(17)30-16)21(28)18-12(20(13)27)6-5-7-15(18)29-3/h5-9H,4,10H2,1-3H3. The summed E-state index contributed by atoms with van der Waals surface area (Å²) in [7, 11) is 1.45. The van der Waals surface area contributed by atoms with Gasteiger partial charge in [0.2, 0.25) is 5.78 Å². The molecule has 0 bridgehead atoms. The number of carbonyl (C=O) groups excluding carboxylic acids is 2. The Morgan fingerprint density at radius 2 is 1.80 bits per heavy atom. The normalized spacial score (nSPS) is 15.0. The fourth-order valence-corrected chi connectivity index (χ4v) is 4.39. The Balaban J connectivity index is 2.16. The van der Waals surface area contributed by atoms with Crippen molar-refractivity contribution < 1.29 is 18.7 Å². The summed E-state index contributed by atoms with van der Waals surface area (Å²) in [4.78, 5) is 39.9. The fraction of sp³-hybridized carbons (Fsp3) is 0.261. The zero-order valence-corrected chi connectivity index (χ0v) is 19.8. The molecule has 1 unspecified atom stereocenters. The highest BCUT2D eigenvalue weighted by molar-refractivity contribution is 9.09. The highest BCUT2D eigenvalue weighted by atomic mass is 79.9. The number of carbonyl (C=O) groups is 2. The van der Waals surface area contributed by atoms with E-state index < -0.39 is 10.1 Å². The van der Waals surface area contributed by atoms with Gasteiger partial charge in [-0.2, -0.15) is 0 Å². The second-order valence-electron chi connectivity index (χ2n) is 7.36. The van der Waals surface area contributed by atoms with Gasteiger partial charge in [-0.3, -0.25) is 14.4 Å². The summed E-state index contributed by atoms with van der Waals surface area (Å²) in [6.07, 6.45) is 0.658. The van der Waals surface area contributed by atoms with E-state index in [1.807, 2.05) is 13.8 Å². The van der Waals surface area contributed by atoms with Gasteiger partial charge in [-0.1, -0.05) is 50.9 Å². The number of benzene rings is 2. The minimum Gasteiger partial charge on any atom is -0.496 e. The molecule has 0 radical (unpaired) electrons. The van der Waals surface area contributed by atoms with Crippen LogP contribution in [0.15, 0.2) is 39.5 Å². The Kier molecular flexibility index (Phi) is 5.22. The van der Waals surface area contributed by atoms with Crippen LogP contribution in [-0.2, 0) is 9.65 Å². The summed E-state index contributed by atoms with van der Waals surface area (Å²) in [6, 6.07) is 7.98. The van der Waals surface area contributed by atoms with Gasteiger partial charge in [0.25, 0.3) is 0 Å². The van der Waals surface area contributed by atoms with Crippen molar-refractivity contribution in [3.8, 4) is 5.75 Å². The van der Waals surface area contributed by atoms with Gasteiger partial charge < -0.3 is 9.15 Å². The lowest BCUT2D eigenvalue weighted by Gasteiger charge is -2.23. The zero-order chi connectivity index (χ0) is 21.8. The van der Waals surface area contributed by atoms with Crippen molar-refractivity contribution in [2.75, 3.05) is 7.11 Å². The number of hydrogen-bond donors (Lipinski definition) is 0. The van der Waals surface area contributed by atoms with Crippen LogP contribution in [-0.4, -0.2) is 18.7 Å².